The summed E-state index contributed by atoms with van der Waals surface area (Å²) in [5.41, 5.74) is 0. The Morgan fingerprint density at radius 3 is 1.93 bits per heavy atom. The molecule has 0 aliphatic carbocycles. The lowest BCUT2D eigenvalue weighted by Crippen LogP contribution is -1.81. The van der Waals surface area contributed by atoms with E-state index in [1.807, 2.05) is 6.08 Å². The molecule has 0 atom stereocenters. The Labute approximate surface area is 87.0 Å². The Balaban J connectivity index is 2.91. The number of carbonyl (C=O) groups excluding carboxylic acids is 1. The fourth-order valence-electron chi connectivity index (χ4n) is 1.39. The summed E-state index contributed by atoms with van der Waals surface area (Å²) in [6.07, 6.45) is 13.9. The molecule has 0 aliphatic heterocycles. The molecule has 0 radical (unpaired) electrons. The number of hydrogen-bond acceptors (Lipinski definition) is 2. The van der Waals surface area contributed by atoms with Gasteiger partial charge in [0.2, 0.25) is 0 Å². The Kier molecular flexibility index (Phi) is 11.8. The van der Waals surface area contributed by atoms with E-state index in [-0.39, 0.29) is 6.61 Å². The Bertz CT molecular complexity index is 141. The topological polar surface area (TPSA) is 37.3 Å². The summed E-state index contributed by atoms with van der Waals surface area (Å²) in [6.45, 7) is 0.158. The van der Waals surface area contributed by atoms with Crippen molar-refractivity contribution in [2.24, 2.45) is 0 Å². The first kappa shape index (κ1) is 13.4. The highest BCUT2D eigenvalue weighted by molar-refractivity contribution is 5.48. The van der Waals surface area contributed by atoms with Gasteiger partial charge in [-0.1, -0.05) is 37.8 Å². The van der Waals surface area contributed by atoms with E-state index in [0.29, 0.717) is 0 Å². The van der Waals surface area contributed by atoms with Gasteiger partial charge in [-0.2, -0.15) is 0 Å². The molecule has 0 unspecified atom stereocenters. The zero-order valence-electron chi connectivity index (χ0n) is 8.95. The van der Waals surface area contributed by atoms with Crippen molar-refractivity contribution in [3.63, 3.8) is 0 Å². The molecule has 0 spiro atoms. The number of hydrogen-bond donors (Lipinski definition) is 1. The third-order valence-corrected chi connectivity index (χ3v) is 2.21. The molecule has 0 bridgehead atoms. The zero-order valence-corrected chi connectivity index (χ0v) is 8.95. The second-order valence-corrected chi connectivity index (χ2v) is 3.52. The second-order valence-electron chi connectivity index (χ2n) is 3.52. The van der Waals surface area contributed by atoms with Crippen LogP contribution in [-0.2, 0) is 4.79 Å². The second kappa shape index (κ2) is 12.4. The highest BCUT2D eigenvalue weighted by Gasteiger charge is 1.89. The highest BCUT2D eigenvalue weighted by Crippen LogP contribution is 2.08. The maximum atomic E-state index is 10.0. The van der Waals surface area contributed by atoms with E-state index in [1.54, 1.807) is 6.08 Å². The first-order chi connectivity index (χ1) is 6.91. The molecule has 14 heavy (non-hydrogen) atoms. The highest BCUT2D eigenvalue weighted by atomic mass is 16.2. The third-order valence-electron chi connectivity index (χ3n) is 2.21. The van der Waals surface area contributed by atoms with Crippen LogP contribution in [0, 0.1) is 0 Å². The van der Waals surface area contributed by atoms with Gasteiger partial charge in [-0.25, -0.2) is 0 Å². The molecular weight excluding hydrogens is 176 g/mol. The molecular formula is C12H22O2. The van der Waals surface area contributed by atoms with E-state index < -0.39 is 0 Å². The van der Waals surface area contributed by atoms with Gasteiger partial charge in [0, 0.05) is 6.42 Å². The van der Waals surface area contributed by atoms with Crippen LogP contribution in [0.3, 0.4) is 0 Å². The molecule has 0 aromatic heterocycles. The lowest BCUT2D eigenvalue weighted by atomic mass is 10.1. The molecule has 0 saturated carbocycles. The minimum Gasteiger partial charge on any atom is -0.392 e. The number of carbonyl (C=O) groups is 1. The van der Waals surface area contributed by atoms with E-state index in [4.69, 9.17) is 5.11 Å². The molecule has 0 rings (SSSR count). The van der Waals surface area contributed by atoms with Crippen LogP contribution in [0.4, 0.5) is 0 Å². The van der Waals surface area contributed by atoms with Gasteiger partial charge in [-0.05, 0) is 19.3 Å². The number of aldehydes is 1. The number of aliphatic hydroxyl groups excluding tert-OH is 1. The molecule has 0 fully saturated rings. The number of aliphatic hydroxyl groups is 1. The molecule has 0 aliphatic rings. The fraction of sp³-hybridized carbons (Fsp3) is 0.750. The average molecular weight is 198 g/mol. The summed E-state index contributed by atoms with van der Waals surface area (Å²) in [4.78, 5) is 10.0. The van der Waals surface area contributed by atoms with Gasteiger partial charge in [0.1, 0.15) is 6.29 Å². The van der Waals surface area contributed by atoms with E-state index in [2.05, 4.69) is 0 Å². The normalized spacial score (nSPS) is 10.9. The van der Waals surface area contributed by atoms with Gasteiger partial charge < -0.3 is 9.90 Å². The van der Waals surface area contributed by atoms with Gasteiger partial charge in [0.15, 0.2) is 0 Å². The maximum Gasteiger partial charge on any atom is 0.119 e. The molecule has 1 N–H and O–H groups in total. The van der Waals surface area contributed by atoms with Crippen molar-refractivity contribution in [3.05, 3.63) is 12.2 Å². The van der Waals surface area contributed by atoms with E-state index in [9.17, 15) is 4.79 Å². The minimum absolute atomic E-state index is 0.158. The molecule has 0 aromatic rings. The Hall–Kier alpha value is -0.630. The summed E-state index contributed by atoms with van der Waals surface area (Å²) in [6, 6.07) is 0. The molecule has 82 valence electrons. The standard InChI is InChI=1S/C12H22O2/c13-11-9-7-5-3-1-2-4-6-8-10-12-14/h7,9,12-13H,1-6,8,10-11H2. The molecule has 0 heterocycles. The number of rotatable bonds is 10. The summed E-state index contributed by atoms with van der Waals surface area (Å²) in [7, 11) is 0. The monoisotopic (exact) mass is 198 g/mol. The van der Waals surface area contributed by atoms with Crippen LogP contribution in [0.1, 0.15) is 51.4 Å². The van der Waals surface area contributed by atoms with E-state index in [1.165, 1.54) is 32.1 Å². The van der Waals surface area contributed by atoms with Gasteiger partial charge in [0.05, 0.1) is 6.61 Å². The first-order valence-electron chi connectivity index (χ1n) is 5.61. The average Bonchev–Trinajstić information content (AvgIpc) is 2.21. The van der Waals surface area contributed by atoms with E-state index in [0.717, 1.165) is 25.5 Å². The first-order valence-corrected chi connectivity index (χ1v) is 5.61. The van der Waals surface area contributed by atoms with Crippen molar-refractivity contribution in [1.82, 2.24) is 0 Å². The van der Waals surface area contributed by atoms with Gasteiger partial charge >= 0.3 is 0 Å². The molecule has 0 aromatic carbocycles. The predicted octanol–water partition coefficient (Wildman–Crippen LogP) is 2.85. The van der Waals surface area contributed by atoms with Crippen molar-refractivity contribution in [2.75, 3.05) is 6.61 Å². The predicted molar refractivity (Wildman–Crippen MR) is 59.2 cm³/mol. The number of allylic oxidation sites excluding steroid dienone is 1. The van der Waals surface area contributed by atoms with Crippen LogP contribution in [-0.4, -0.2) is 18.0 Å². The largest absolute Gasteiger partial charge is 0.392 e. The Morgan fingerprint density at radius 1 is 0.786 bits per heavy atom. The van der Waals surface area contributed by atoms with Crippen LogP contribution >= 0.6 is 0 Å². The summed E-state index contributed by atoms with van der Waals surface area (Å²) >= 11 is 0. The van der Waals surface area contributed by atoms with Crippen molar-refractivity contribution >= 4 is 6.29 Å². The molecule has 2 nitrogen and oxygen atoms in total. The van der Waals surface area contributed by atoms with Crippen molar-refractivity contribution < 1.29 is 9.90 Å². The van der Waals surface area contributed by atoms with Crippen molar-refractivity contribution in [3.8, 4) is 0 Å². The Morgan fingerprint density at radius 2 is 1.36 bits per heavy atom. The summed E-state index contributed by atoms with van der Waals surface area (Å²) in [5.74, 6) is 0. The molecule has 0 amide bonds. The smallest absolute Gasteiger partial charge is 0.119 e. The third kappa shape index (κ3) is 11.4. The van der Waals surface area contributed by atoms with Gasteiger partial charge in [0.25, 0.3) is 0 Å². The number of unbranched alkanes of at least 4 members (excludes halogenated alkanes) is 7. The van der Waals surface area contributed by atoms with Crippen LogP contribution in [0.5, 0.6) is 0 Å². The molecule has 0 saturated heterocycles. The van der Waals surface area contributed by atoms with Crippen LogP contribution in [0.2, 0.25) is 0 Å². The minimum atomic E-state index is 0.158. The van der Waals surface area contributed by atoms with Gasteiger partial charge in [-0.15, -0.1) is 0 Å². The zero-order chi connectivity index (χ0) is 10.5. The van der Waals surface area contributed by atoms with Crippen molar-refractivity contribution in [2.45, 2.75) is 51.4 Å². The lowest BCUT2D eigenvalue weighted by Gasteiger charge is -1.98. The van der Waals surface area contributed by atoms with Crippen LogP contribution < -0.4 is 0 Å². The van der Waals surface area contributed by atoms with Crippen molar-refractivity contribution in [1.29, 1.82) is 0 Å². The lowest BCUT2D eigenvalue weighted by molar-refractivity contribution is -0.107. The quantitative estimate of drug-likeness (QED) is 0.333. The summed E-state index contributed by atoms with van der Waals surface area (Å²) < 4.78 is 0. The summed E-state index contributed by atoms with van der Waals surface area (Å²) in [5, 5.41) is 8.47. The van der Waals surface area contributed by atoms with Gasteiger partial charge in [-0.3, -0.25) is 0 Å². The van der Waals surface area contributed by atoms with Crippen LogP contribution in [0.15, 0.2) is 12.2 Å². The SMILES string of the molecule is O=CCCCCCCCCC=CCO. The van der Waals surface area contributed by atoms with E-state index >= 15 is 0 Å². The maximum absolute atomic E-state index is 10.0. The molecule has 2 heteroatoms. The van der Waals surface area contributed by atoms with Crippen LogP contribution in [0.25, 0.3) is 0 Å². The fourth-order valence-corrected chi connectivity index (χ4v) is 1.39.